The fraction of sp³-hybridized carbons (Fsp3) is 0.556. The number of aromatic nitrogens is 2. The summed E-state index contributed by atoms with van der Waals surface area (Å²) in [6.07, 6.45) is 4.44. The molecule has 1 aromatic heterocycles. The van der Waals surface area contributed by atoms with Gasteiger partial charge in [-0.3, -0.25) is 4.79 Å². The van der Waals surface area contributed by atoms with Gasteiger partial charge >= 0.3 is 0 Å². The molecule has 0 aliphatic carbocycles. The number of hydrogen-bond acceptors (Lipinski definition) is 4. The van der Waals surface area contributed by atoms with Gasteiger partial charge in [0.15, 0.2) is 5.03 Å². The molecule has 1 fully saturated rings. The van der Waals surface area contributed by atoms with E-state index in [9.17, 15) is 13.2 Å². The molecule has 0 unspecified atom stereocenters. The zero-order chi connectivity index (χ0) is 12.3. The van der Waals surface area contributed by atoms with Crippen LogP contribution in [0.4, 0.5) is 0 Å². The molecule has 1 aromatic rings. The maximum atomic E-state index is 11.7. The molecule has 17 heavy (non-hydrogen) atoms. The summed E-state index contributed by atoms with van der Waals surface area (Å²) >= 11 is 0. The number of nitrogens with one attached hydrogen (secondary N) is 2. The van der Waals surface area contributed by atoms with Crippen molar-refractivity contribution in [2.45, 2.75) is 17.9 Å². The Balaban J connectivity index is 1.91. The summed E-state index contributed by atoms with van der Waals surface area (Å²) in [7, 11) is -3.66. The Morgan fingerprint density at radius 2 is 2.18 bits per heavy atom. The van der Waals surface area contributed by atoms with E-state index >= 15 is 0 Å². The average molecular weight is 258 g/mol. The van der Waals surface area contributed by atoms with E-state index in [-0.39, 0.29) is 17.5 Å². The highest BCUT2D eigenvalue weighted by Gasteiger charge is 2.21. The minimum Gasteiger partial charge on any atom is -0.342 e. The number of amides is 1. The topological polar surface area (TPSA) is 95.2 Å². The van der Waals surface area contributed by atoms with Gasteiger partial charge in [-0.2, -0.15) is 0 Å². The molecule has 1 aliphatic rings. The Morgan fingerprint density at radius 1 is 1.47 bits per heavy atom. The second kappa shape index (κ2) is 4.84. The number of rotatable bonds is 4. The first-order valence-corrected chi connectivity index (χ1v) is 6.84. The zero-order valence-corrected chi connectivity index (χ0v) is 10.0. The molecule has 8 heteroatoms. The lowest BCUT2D eigenvalue weighted by atomic mass is 10.4. The largest absolute Gasteiger partial charge is 0.342 e. The molecule has 1 amide bonds. The molecule has 94 valence electrons. The Kier molecular flexibility index (Phi) is 3.43. The molecule has 2 rings (SSSR count). The standard InChI is InChI=1S/C9H14N4O3S/c14-9(13-3-1-2-4-13)6-12-17(15,16)8-5-10-7-11-8/h5,7,12H,1-4,6H2,(H,10,11). The van der Waals surface area contributed by atoms with Crippen molar-refractivity contribution in [3.8, 4) is 0 Å². The van der Waals surface area contributed by atoms with Crippen molar-refractivity contribution in [3.05, 3.63) is 12.5 Å². The first kappa shape index (κ1) is 12.1. The first-order valence-electron chi connectivity index (χ1n) is 5.35. The monoisotopic (exact) mass is 258 g/mol. The Hall–Kier alpha value is -1.41. The second-order valence-corrected chi connectivity index (χ2v) is 5.56. The van der Waals surface area contributed by atoms with Crippen LogP contribution in [0.2, 0.25) is 0 Å². The number of carbonyl (C=O) groups is 1. The summed E-state index contributed by atoms with van der Waals surface area (Å²) in [6, 6.07) is 0. The predicted octanol–water partition coefficient (Wildman–Crippen LogP) is -0.690. The molecule has 0 saturated carbocycles. The lowest BCUT2D eigenvalue weighted by Crippen LogP contribution is -2.38. The molecule has 0 bridgehead atoms. The lowest BCUT2D eigenvalue weighted by Gasteiger charge is -2.15. The number of aromatic amines is 1. The smallest absolute Gasteiger partial charge is 0.258 e. The number of likely N-dealkylation sites (tertiary alicyclic amines) is 1. The van der Waals surface area contributed by atoms with Gasteiger partial charge in [-0.25, -0.2) is 18.1 Å². The van der Waals surface area contributed by atoms with Crippen LogP contribution in [-0.4, -0.2) is 48.8 Å². The van der Waals surface area contributed by atoms with E-state index in [1.54, 1.807) is 4.90 Å². The van der Waals surface area contributed by atoms with Crippen LogP contribution in [0.15, 0.2) is 17.6 Å². The van der Waals surface area contributed by atoms with Gasteiger partial charge in [0.05, 0.1) is 19.1 Å². The minimum atomic E-state index is -3.66. The molecule has 0 spiro atoms. The highest BCUT2D eigenvalue weighted by atomic mass is 32.2. The van der Waals surface area contributed by atoms with Gasteiger partial charge in [0.1, 0.15) is 0 Å². The number of hydrogen-bond donors (Lipinski definition) is 2. The molecule has 0 aromatic carbocycles. The Labute approximate surface area is 99.3 Å². The van der Waals surface area contributed by atoms with E-state index in [4.69, 9.17) is 0 Å². The Morgan fingerprint density at radius 3 is 2.76 bits per heavy atom. The molecular weight excluding hydrogens is 244 g/mol. The Bertz CT molecular complexity index is 476. The number of nitrogens with zero attached hydrogens (tertiary/aromatic N) is 2. The van der Waals surface area contributed by atoms with E-state index in [2.05, 4.69) is 14.7 Å². The summed E-state index contributed by atoms with van der Waals surface area (Å²) in [4.78, 5) is 19.4. The lowest BCUT2D eigenvalue weighted by molar-refractivity contribution is -0.128. The molecule has 1 saturated heterocycles. The summed E-state index contributed by atoms with van der Waals surface area (Å²) < 4.78 is 25.6. The highest BCUT2D eigenvalue weighted by Crippen LogP contribution is 2.07. The third-order valence-electron chi connectivity index (χ3n) is 2.63. The van der Waals surface area contributed by atoms with Gasteiger partial charge in [0.25, 0.3) is 10.0 Å². The number of H-pyrrole nitrogens is 1. The van der Waals surface area contributed by atoms with Crippen LogP contribution >= 0.6 is 0 Å². The van der Waals surface area contributed by atoms with Crippen molar-refractivity contribution < 1.29 is 13.2 Å². The molecule has 2 heterocycles. The normalized spacial score (nSPS) is 16.4. The summed E-state index contributed by atoms with van der Waals surface area (Å²) in [5.41, 5.74) is 0. The van der Waals surface area contributed by atoms with Crippen LogP contribution in [0.1, 0.15) is 12.8 Å². The molecule has 1 aliphatic heterocycles. The first-order chi connectivity index (χ1) is 8.09. The van der Waals surface area contributed by atoms with Crippen molar-refractivity contribution in [2.24, 2.45) is 0 Å². The number of sulfonamides is 1. The van der Waals surface area contributed by atoms with Crippen LogP contribution in [0.25, 0.3) is 0 Å². The van der Waals surface area contributed by atoms with Crippen LogP contribution < -0.4 is 4.72 Å². The van der Waals surface area contributed by atoms with Crippen LogP contribution in [-0.2, 0) is 14.8 Å². The summed E-state index contributed by atoms with van der Waals surface area (Å²) in [5, 5.41) is -0.0354. The molecular formula is C9H14N4O3S. The molecule has 0 atom stereocenters. The van der Waals surface area contributed by atoms with Crippen molar-refractivity contribution >= 4 is 15.9 Å². The van der Waals surface area contributed by atoms with Gasteiger partial charge in [-0.15, -0.1) is 0 Å². The molecule has 0 radical (unpaired) electrons. The van der Waals surface area contributed by atoms with Crippen molar-refractivity contribution in [2.75, 3.05) is 19.6 Å². The van der Waals surface area contributed by atoms with Gasteiger partial charge in [0.2, 0.25) is 5.91 Å². The fourth-order valence-corrected chi connectivity index (χ4v) is 2.58. The third kappa shape index (κ3) is 2.83. The summed E-state index contributed by atoms with van der Waals surface area (Å²) in [6.45, 7) is 1.22. The van der Waals surface area contributed by atoms with E-state index in [0.717, 1.165) is 12.8 Å². The minimum absolute atomic E-state index is 0.0354. The van der Waals surface area contributed by atoms with Gasteiger partial charge in [0, 0.05) is 13.1 Å². The quantitative estimate of drug-likeness (QED) is 0.747. The predicted molar refractivity (Wildman–Crippen MR) is 59.6 cm³/mol. The van der Waals surface area contributed by atoms with Crippen LogP contribution in [0, 0.1) is 0 Å². The van der Waals surface area contributed by atoms with E-state index in [1.165, 1.54) is 12.5 Å². The van der Waals surface area contributed by atoms with Gasteiger partial charge in [-0.1, -0.05) is 0 Å². The van der Waals surface area contributed by atoms with Crippen molar-refractivity contribution in [1.82, 2.24) is 19.6 Å². The maximum absolute atomic E-state index is 11.7. The molecule has 7 nitrogen and oxygen atoms in total. The number of imidazole rings is 1. The second-order valence-electron chi connectivity index (χ2n) is 3.83. The fourth-order valence-electron chi connectivity index (χ4n) is 1.70. The highest BCUT2D eigenvalue weighted by molar-refractivity contribution is 7.89. The van der Waals surface area contributed by atoms with Gasteiger partial charge < -0.3 is 9.88 Å². The zero-order valence-electron chi connectivity index (χ0n) is 9.22. The third-order valence-corrected chi connectivity index (χ3v) is 3.96. The van der Waals surface area contributed by atoms with Crippen molar-refractivity contribution in [1.29, 1.82) is 0 Å². The summed E-state index contributed by atoms with van der Waals surface area (Å²) in [5.74, 6) is -0.189. The van der Waals surface area contributed by atoms with Gasteiger partial charge in [-0.05, 0) is 12.8 Å². The van der Waals surface area contributed by atoms with E-state index in [1.807, 2.05) is 0 Å². The van der Waals surface area contributed by atoms with Crippen LogP contribution in [0.3, 0.4) is 0 Å². The average Bonchev–Trinajstić information content (AvgIpc) is 2.97. The number of carbonyl (C=O) groups excluding carboxylic acids is 1. The van der Waals surface area contributed by atoms with E-state index < -0.39 is 10.0 Å². The molecule has 2 N–H and O–H groups in total. The van der Waals surface area contributed by atoms with Crippen molar-refractivity contribution in [3.63, 3.8) is 0 Å². The SMILES string of the molecule is O=C(CNS(=O)(=O)c1cnc[nH]1)N1CCCC1. The maximum Gasteiger partial charge on any atom is 0.258 e. The van der Waals surface area contributed by atoms with Crippen LogP contribution in [0.5, 0.6) is 0 Å². The van der Waals surface area contributed by atoms with E-state index in [0.29, 0.717) is 13.1 Å².